The molecule has 5 nitrogen and oxygen atoms in total. The van der Waals surface area contributed by atoms with Crippen molar-refractivity contribution in [3.05, 3.63) is 18.1 Å². The Hall–Kier alpha value is -1.20. The van der Waals surface area contributed by atoms with Gasteiger partial charge in [-0.3, -0.25) is 16.3 Å². The highest BCUT2D eigenvalue weighted by Crippen LogP contribution is 2.38. The number of nitrogens with zero attached hydrogens (tertiary/aromatic N) is 2. The molecule has 1 aromatic rings. The van der Waals surface area contributed by atoms with E-state index in [9.17, 15) is 0 Å². The summed E-state index contributed by atoms with van der Waals surface area (Å²) in [5.74, 6) is 7.71. The van der Waals surface area contributed by atoms with Gasteiger partial charge in [-0.25, -0.2) is 4.98 Å². The molecule has 1 atom stereocenters. The number of nitrogens with two attached hydrogens (primary N) is 1. The zero-order valence-electron chi connectivity index (χ0n) is 11.8. The summed E-state index contributed by atoms with van der Waals surface area (Å²) in [5, 5.41) is 0. The van der Waals surface area contributed by atoms with E-state index in [1.54, 1.807) is 19.5 Å². The first-order valence-electron chi connectivity index (χ1n) is 7.11. The molecular weight excluding hydrogens is 240 g/mol. The molecule has 0 aliphatic heterocycles. The molecule has 2 rings (SSSR count). The van der Waals surface area contributed by atoms with Crippen molar-refractivity contribution in [2.24, 2.45) is 17.7 Å². The quantitative estimate of drug-likeness (QED) is 0.630. The fourth-order valence-electron chi connectivity index (χ4n) is 3.07. The standard InChI is InChI=1S/C14H24N4O/c1-3-10-4-6-11(7-5-10)12(18-15)13-14(19-2)17-9-8-16-13/h8-12,18H,3-7,15H2,1-2H3. The molecule has 0 bridgehead atoms. The van der Waals surface area contributed by atoms with Crippen molar-refractivity contribution >= 4 is 0 Å². The third kappa shape index (κ3) is 3.22. The maximum absolute atomic E-state index is 5.75. The highest BCUT2D eigenvalue weighted by atomic mass is 16.5. The van der Waals surface area contributed by atoms with Gasteiger partial charge in [-0.1, -0.05) is 26.2 Å². The summed E-state index contributed by atoms with van der Waals surface area (Å²) >= 11 is 0. The summed E-state index contributed by atoms with van der Waals surface area (Å²) < 4.78 is 5.29. The van der Waals surface area contributed by atoms with E-state index in [0.717, 1.165) is 11.6 Å². The largest absolute Gasteiger partial charge is 0.480 e. The molecule has 0 radical (unpaired) electrons. The van der Waals surface area contributed by atoms with Crippen LogP contribution in [0.25, 0.3) is 0 Å². The van der Waals surface area contributed by atoms with Gasteiger partial charge in [0.2, 0.25) is 5.88 Å². The Morgan fingerprint density at radius 3 is 2.58 bits per heavy atom. The first kappa shape index (κ1) is 14.2. The Kier molecular flexibility index (Phi) is 5.10. The molecule has 1 fully saturated rings. The number of hydrogen-bond acceptors (Lipinski definition) is 5. The van der Waals surface area contributed by atoms with Gasteiger partial charge in [0.15, 0.2) is 0 Å². The molecule has 19 heavy (non-hydrogen) atoms. The summed E-state index contributed by atoms with van der Waals surface area (Å²) in [4.78, 5) is 8.62. The number of ether oxygens (including phenoxy) is 1. The zero-order chi connectivity index (χ0) is 13.7. The van der Waals surface area contributed by atoms with Crippen molar-refractivity contribution in [1.82, 2.24) is 15.4 Å². The molecule has 1 heterocycles. The molecule has 0 amide bonds. The number of aromatic nitrogens is 2. The minimum absolute atomic E-state index is 0.0291. The van der Waals surface area contributed by atoms with Crippen molar-refractivity contribution in [2.75, 3.05) is 7.11 Å². The lowest BCUT2D eigenvalue weighted by molar-refractivity contribution is 0.213. The van der Waals surface area contributed by atoms with Crippen LogP contribution in [0.5, 0.6) is 5.88 Å². The summed E-state index contributed by atoms with van der Waals surface area (Å²) in [5.41, 5.74) is 3.74. The van der Waals surface area contributed by atoms with Gasteiger partial charge in [-0.2, -0.15) is 0 Å². The molecular formula is C14H24N4O. The smallest absolute Gasteiger partial charge is 0.237 e. The summed E-state index contributed by atoms with van der Waals surface area (Å²) in [6.45, 7) is 2.27. The Morgan fingerprint density at radius 2 is 2.00 bits per heavy atom. The fraction of sp³-hybridized carbons (Fsp3) is 0.714. The third-order valence-corrected chi connectivity index (χ3v) is 4.30. The molecule has 1 unspecified atom stereocenters. The lowest BCUT2D eigenvalue weighted by Gasteiger charge is -2.33. The van der Waals surface area contributed by atoms with Crippen LogP contribution in [0.3, 0.4) is 0 Å². The Morgan fingerprint density at radius 1 is 1.32 bits per heavy atom. The molecule has 1 aromatic heterocycles. The third-order valence-electron chi connectivity index (χ3n) is 4.30. The van der Waals surface area contributed by atoms with E-state index < -0.39 is 0 Å². The molecule has 0 spiro atoms. The van der Waals surface area contributed by atoms with Gasteiger partial charge in [-0.05, 0) is 24.7 Å². The molecule has 5 heteroatoms. The van der Waals surface area contributed by atoms with Crippen LogP contribution in [0.15, 0.2) is 12.4 Å². The van der Waals surface area contributed by atoms with Gasteiger partial charge in [0.05, 0.1) is 13.2 Å². The number of nitrogens with one attached hydrogen (secondary N) is 1. The van der Waals surface area contributed by atoms with Crippen LogP contribution in [0.1, 0.15) is 50.8 Å². The summed E-state index contributed by atoms with van der Waals surface area (Å²) in [7, 11) is 1.62. The van der Waals surface area contributed by atoms with Crippen molar-refractivity contribution in [3.8, 4) is 5.88 Å². The molecule has 0 aromatic carbocycles. The van der Waals surface area contributed by atoms with Gasteiger partial charge in [0.1, 0.15) is 5.69 Å². The number of hydrazine groups is 1. The monoisotopic (exact) mass is 264 g/mol. The first-order chi connectivity index (χ1) is 9.30. The number of hydrogen-bond donors (Lipinski definition) is 2. The zero-order valence-corrected chi connectivity index (χ0v) is 11.8. The van der Waals surface area contributed by atoms with Gasteiger partial charge < -0.3 is 4.74 Å². The van der Waals surface area contributed by atoms with E-state index in [2.05, 4.69) is 22.3 Å². The van der Waals surface area contributed by atoms with E-state index in [1.165, 1.54) is 32.1 Å². The Labute approximate surface area is 114 Å². The lowest BCUT2D eigenvalue weighted by Crippen LogP contribution is -2.36. The van der Waals surface area contributed by atoms with Gasteiger partial charge in [-0.15, -0.1) is 0 Å². The maximum atomic E-state index is 5.75. The molecule has 106 valence electrons. The Balaban J connectivity index is 2.12. The van der Waals surface area contributed by atoms with E-state index in [-0.39, 0.29) is 6.04 Å². The maximum Gasteiger partial charge on any atom is 0.237 e. The van der Waals surface area contributed by atoms with E-state index >= 15 is 0 Å². The number of rotatable bonds is 5. The van der Waals surface area contributed by atoms with Crippen molar-refractivity contribution < 1.29 is 4.74 Å². The predicted octanol–water partition coefficient (Wildman–Crippen LogP) is 2.21. The topological polar surface area (TPSA) is 73.1 Å². The van der Waals surface area contributed by atoms with Crippen LogP contribution < -0.4 is 16.0 Å². The van der Waals surface area contributed by atoms with Crippen LogP contribution >= 0.6 is 0 Å². The average molecular weight is 264 g/mol. The second-order valence-corrected chi connectivity index (χ2v) is 5.28. The highest BCUT2D eigenvalue weighted by Gasteiger charge is 2.30. The van der Waals surface area contributed by atoms with Crippen LogP contribution in [-0.2, 0) is 0 Å². The van der Waals surface area contributed by atoms with Crippen molar-refractivity contribution in [1.29, 1.82) is 0 Å². The van der Waals surface area contributed by atoms with E-state index in [0.29, 0.717) is 11.8 Å². The summed E-state index contributed by atoms with van der Waals surface area (Å²) in [6.07, 6.45) is 9.55. The SMILES string of the molecule is CCC1CCC(C(NN)c2nccnc2OC)CC1. The van der Waals surface area contributed by atoms with E-state index in [4.69, 9.17) is 10.6 Å². The number of methoxy groups -OCH3 is 1. The average Bonchev–Trinajstić information content (AvgIpc) is 2.49. The van der Waals surface area contributed by atoms with Gasteiger partial charge in [0.25, 0.3) is 0 Å². The lowest BCUT2D eigenvalue weighted by atomic mass is 9.77. The minimum atomic E-state index is 0.0291. The normalized spacial score (nSPS) is 25.0. The molecule has 3 N–H and O–H groups in total. The van der Waals surface area contributed by atoms with Crippen LogP contribution in [0.2, 0.25) is 0 Å². The van der Waals surface area contributed by atoms with Crippen LogP contribution in [0.4, 0.5) is 0 Å². The predicted molar refractivity (Wildman–Crippen MR) is 74.4 cm³/mol. The van der Waals surface area contributed by atoms with E-state index in [1.807, 2.05) is 0 Å². The fourth-order valence-corrected chi connectivity index (χ4v) is 3.07. The van der Waals surface area contributed by atoms with Crippen LogP contribution in [0, 0.1) is 11.8 Å². The molecule has 1 saturated carbocycles. The molecule has 1 aliphatic carbocycles. The summed E-state index contributed by atoms with van der Waals surface area (Å²) in [6, 6.07) is 0.0291. The second kappa shape index (κ2) is 6.82. The highest BCUT2D eigenvalue weighted by molar-refractivity contribution is 5.22. The molecule has 0 saturated heterocycles. The van der Waals surface area contributed by atoms with Crippen molar-refractivity contribution in [2.45, 2.75) is 45.1 Å². The van der Waals surface area contributed by atoms with Gasteiger partial charge >= 0.3 is 0 Å². The van der Waals surface area contributed by atoms with Gasteiger partial charge in [0, 0.05) is 12.4 Å². The van der Waals surface area contributed by atoms with Crippen molar-refractivity contribution in [3.63, 3.8) is 0 Å². The second-order valence-electron chi connectivity index (χ2n) is 5.28. The minimum Gasteiger partial charge on any atom is -0.480 e. The first-order valence-corrected chi connectivity index (χ1v) is 7.11. The van der Waals surface area contributed by atoms with Crippen LogP contribution in [-0.4, -0.2) is 17.1 Å². The molecule has 1 aliphatic rings. The Bertz CT molecular complexity index is 391.